The lowest BCUT2D eigenvalue weighted by Gasteiger charge is -2.32. The molecule has 2 aromatic carbocycles. The minimum absolute atomic E-state index is 0.278. The van der Waals surface area contributed by atoms with Crippen LogP contribution in [-0.2, 0) is 50.9 Å². The number of hydrogen-bond donors (Lipinski definition) is 4. The zero-order valence-electron chi connectivity index (χ0n) is 41.4. The van der Waals surface area contributed by atoms with Gasteiger partial charge in [-0.25, -0.2) is 29.1 Å². The first-order valence-electron chi connectivity index (χ1n) is 24.6. The molecule has 0 aliphatic carbocycles. The number of aromatic nitrogens is 10. The third-order valence-corrected chi connectivity index (χ3v) is 14.3. The molecule has 2 aliphatic rings. The van der Waals surface area contributed by atoms with Crippen LogP contribution in [0.25, 0.3) is 44.1 Å². The molecule has 2 saturated heterocycles. The number of fused-ring (bicyclic) bond motifs is 4. The molecule has 10 rings (SSSR count). The second-order valence-corrected chi connectivity index (χ2v) is 18.9. The fourth-order valence-electron chi connectivity index (χ4n) is 10.3. The number of carboxylic acids is 2. The van der Waals surface area contributed by atoms with Crippen molar-refractivity contribution in [3.8, 4) is 0 Å². The average molecular weight is 985 g/mol. The largest absolute Gasteiger partial charge is 0.478 e. The maximum Gasteiger partial charge on any atom is 0.332 e. The van der Waals surface area contributed by atoms with Crippen LogP contribution in [0.4, 0.5) is 0 Å². The fraction of sp³-hybridized carbons (Fsp3) is 0.423. The number of para-hydroxylation sites is 2. The maximum absolute atomic E-state index is 12.6. The van der Waals surface area contributed by atoms with E-state index in [2.05, 4.69) is 90.7 Å². The number of benzene rings is 2. The van der Waals surface area contributed by atoms with Gasteiger partial charge in [-0.15, -0.1) is 0 Å². The summed E-state index contributed by atoms with van der Waals surface area (Å²) in [5.74, 6) is -1.26. The number of aromatic amines is 2. The van der Waals surface area contributed by atoms with Gasteiger partial charge in [-0.05, 0) is 126 Å². The van der Waals surface area contributed by atoms with Gasteiger partial charge in [0.1, 0.15) is 0 Å². The van der Waals surface area contributed by atoms with E-state index in [1.807, 2.05) is 9.13 Å². The van der Waals surface area contributed by atoms with E-state index in [0.717, 1.165) is 87.2 Å². The first-order valence-corrected chi connectivity index (χ1v) is 24.6. The van der Waals surface area contributed by atoms with Gasteiger partial charge in [0, 0.05) is 87.6 Å². The first kappa shape index (κ1) is 50.8. The predicted octanol–water partition coefficient (Wildman–Crippen LogP) is 4.86. The molecule has 0 bridgehead atoms. The van der Waals surface area contributed by atoms with Crippen molar-refractivity contribution in [2.45, 2.75) is 76.3 Å². The number of nitrogens with one attached hydrogen (secondary N) is 2. The van der Waals surface area contributed by atoms with Crippen LogP contribution >= 0.6 is 0 Å². The smallest absolute Gasteiger partial charge is 0.332 e. The molecule has 0 radical (unpaired) electrons. The van der Waals surface area contributed by atoms with Crippen LogP contribution in [0, 0.1) is 0 Å². The van der Waals surface area contributed by atoms with E-state index in [1.165, 1.54) is 81.8 Å². The molecular weight excluding hydrogens is 921 g/mol. The standard InChI is InChI=1S/2C24H30N6O2.C4H4O4/c2*1-27-22-21(23(31)28(2)24(27)32)30(16-26-22)12-6-5-11-29-13-9-17(10-14-29)19-15-25-20-8-4-3-7-18(19)20;5-3(6)1-2-4(7)8/h2*3-4,7-8,15-17,25H,5-6,9-14H2,1-2H3;1-2H,(H,5,6)(H,7,8). The number of aryl methyl sites for hydroxylation is 4. The lowest BCUT2D eigenvalue weighted by atomic mass is 9.89. The van der Waals surface area contributed by atoms with E-state index in [-0.39, 0.29) is 22.5 Å². The Hall–Kier alpha value is -7.58. The molecule has 2 fully saturated rings. The summed E-state index contributed by atoms with van der Waals surface area (Å²) >= 11 is 0. The van der Waals surface area contributed by atoms with Gasteiger partial charge in [-0.3, -0.25) is 27.9 Å². The number of carbonyl (C=O) groups is 2. The molecule has 72 heavy (non-hydrogen) atoms. The Morgan fingerprint density at radius 2 is 0.917 bits per heavy atom. The van der Waals surface area contributed by atoms with Crippen molar-refractivity contribution in [2.75, 3.05) is 39.3 Å². The highest BCUT2D eigenvalue weighted by Crippen LogP contribution is 2.34. The summed E-state index contributed by atoms with van der Waals surface area (Å²) in [5.41, 5.74) is 6.07. The van der Waals surface area contributed by atoms with Crippen molar-refractivity contribution in [1.29, 1.82) is 0 Å². The number of imidazole rings is 2. The van der Waals surface area contributed by atoms with Crippen LogP contribution in [0.15, 0.2) is 105 Å². The Labute approximate surface area is 414 Å². The molecule has 0 atom stereocenters. The summed E-state index contributed by atoms with van der Waals surface area (Å²) in [7, 11) is 6.34. The zero-order valence-corrected chi connectivity index (χ0v) is 41.4. The Bertz CT molecular complexity index is 3250. The quantitative estimate of drug-likeness (QED) is 0.0845. The van der Waals surface area contributed by atoms with E-state index < -0.39 is 11.9 Å². The van der Waals surface area contributed by atoms with Gasteiger partial charge in [0.2, 0.25) is 0 Å². The topological polar surface area (TPSA) is 236 Å². The molecule has 20 nitrogen and oxygen atoms in total. The van der Waals surface area contributed by atoms with Crippen molar-refractivity contribution in [3.63, 3.8) is 0 Å². The van der Waals surface area contributed by atoms with E-state index in [1.54, 1.807) is 26.7 Å². The lowest BCUT2D eigenvalue weighted by molar-refractivity contribution is -0.134. The van der Waals surface area contributed by atoms with Crippen LogP contribution in [0.5, 0.6) is 0 Å². The highest BCUT2D eigenvalue weighted by molar-refractivity contribution is 5.89. The predicted molar refractivity (Wildman–Crippen MR) is 277 cm³/mol. The Morgan fingerprint density at radius 1 is 0.556 bits per heavy atom. The van der Waals surface area contributed by atoms with Crippen LogP contribution in [-0.4, -0.2) is 119 Å². The van der Waals surface area contributed by atoms with Crippen molar-refractivity contribution in [2.24, 2.45) is 28.2 Å². The summed E-state index contributed by atoms with van der Waals surface area (Å²) < 4.78 is 8.95. The van der Waals surface area contributed by atoms with Gasteiger partial charge in [0.15, 0.2) is 22.3 Å². The SMILES string of the molecule is Cn1c(=O)c2c(ncn2CCCCN2CCC(c3c[nH]c4ccccc34)CC2)n(C)c1=O.Cn1c(=O)c2c(ncn2CCCCN2CCC(c3c[nH]c4ccccc34)CC2)n(C)c1=O.O=C(O)C=CC(=O)O. The highest BCUT2D eigenvalue weighted by atomic mass is 16.4. The number of likely N-dealkylation sites (tertiary alicyclic amines) is 2. The zero-order chi connectivity index (χ0) is 51.1. The van der Waals surface area contributed by atoms with Crippen LogP contribution in [0.2, 0.25) is 0 Å². The molecule has 380 valence electrons. The average Bonchev–Trinajstić information content (AvgIpc) is 4.22. The summed E-state index contributed by atoms with van der Waals surface area (Å²) in [5, 5.41) is 18.4. The monoisotopic (exact) mass is 984 g/mol. The summed E-state index contributed by atoms with van der Waals surface area (Å²) in [4.78, 5) is 88.9. The Balaban J connectivity index is 0.000000168. The van der Waals surface area contributed by atoms with E-state index in [0.29, 0.717) is 46.3 Å². The Kier molecular flexibility index (Phi) is 16.0. The van der Waals surface area contributed by atoms with Gasteiger partial charge in [0.05, 0.1) is 12.7 Å². The molecule has 8 aromatic rings. The van der Waals surface area contributed by atoms with Crippen LogP contribution in [0.3, 0.4) is 0 Å². The molecule has 20 heteroatoms. The second kappa shape index (κ2) is 22.7. The van der Waals surface area contributed by atoms with Gasteiger partial charge in [0.25, 0.3) is 11.1 Å². The summed E-state index contributed by atoms with van der Waals surface area (Å²) in [6.07, 6.45) is 17.7. The highest BCUT2D eigenvalue weighted by Gasteiger charge is 2.24. The van der Waals surface area contributed by atoms with Gasteiger partial charge < -0.3 is 39.1 Å². The van der Waals surface area contributed by atoms with Gasteiger partial charge >= 0.3 is 23.3 Å². The van der Waals surface area contributed by atoms with E-state index >= 15 is 0 Å². The fourth-order valence-corrected chi connectivity index (χ4v) is 10.3. The van der Waals surface area contributed by atoms with Crippen molar-refractivity contribution in [3.05, 3.63) is 139 Å². The van der Waals surface area contributed by atoms with E-state index in [9.17, 15) is 28.8 Å². The lowest BCUT2D eigenvalue weighted by Crippen LogP contribution is -2.37. The number of piperidine rings is 2. The Morgan fingerprint density at radius 3 is 1.29 bits per heavy atom. The molecule has 4 N–H and O–H groups in total. The number of aliphatic carboxylic acids is 2. The van der Waals surface area contributed by atoms with E-state index in [4.69, 9.17) is 10.2 Å². The number of rotatable bonds is 14. The maximum atomic E-state index is 12.6. The van der Waals surface area contributed by atoms with Crippen LogP contribution in [0.1, 0.15) is 74.3 Å². The van der Waals surface area contributed by atoms with Gasteiger partial charge in [-0.2, -0.15) is 0 Å². The van der Waals surface area contributed by atoms with Crippen molar-refractivity contribution >= 4 is 56.1 Å². The molecular formula is C52H64N12O8. The first-order chi connectivity index (χ1) is 34.7. The molecule has 2 aliphatic heterocycles. The number of hydrogen-bond acceptors (Lipinski definition) is 10. The number of H-pyrrole nitrogens is 2. The third-order valence-electron chi connectivity index (χ3n) is 14.3. The summed E-state index contributed by atoms with van der Waals surface area (Å²) in [6, 6.07) is 17.1. The normalized spacial score (nSPS) is 15.1. The van der Waals surface area contributed by atoms with Crippen molar-refractivity contribution in [1.82, 2.24) is 57.1 Å². The van der Waals surface area contributed by atoms with Crippen LogP contribution < -0.4 is 22.5 Å². The molecule has 6 aromatic heterocycles. The summed E-state index contributed by atoms with van der Waals surface area (Å²) in [6.45, 7) is 8.11. The van der Waals surface area contributed by atoms with Crippen molar-refractivity contribution < 1.29 is 19.8 Å². The number of nitrogens with zero attached hydrogens (tertiary/aromatic N) is 10. The number of carboxylic acid groups (broad SMARTS) is 2. The molecule has 0 unspecified atom stereocenters. The molecule has 0 spiro atoms. The molecule has 0 amide bonds. The minimum atomic E-state index is -1.26. The number of unbranched alkanes of at least 4 members (excludes halogenated alkanes) is 2. The third kappa shape index (κ3) is 11.1. The second-order valence-electron chi connectivity index (χ2n) is 18.9. The minimum Gasteiger partial charge on any atom is -0.478 e. The molecule has 0 saturated carbocycles. The molecule has 8 heterocycles. The van der Waals surface area contributed by atoms with Gasteiger partial charge in [-0.1, -0.05) is 36.4 Å².